The minimum absolute atomic E-state index is 0.652. The van der Waals surface area contributed by atoms with E-state index in [9.17, 15) is 29.1 Å². The van der Waals surface area contributed by atoms with E-state index in [2.05, 4.69) is 8.37 Å². The van der Waals surface area contributed by atoms with Crippen LogP contribution in [0.2, 0.25) is 0 Å². The number of hydrogen-bond donors (Lipinski definition) is 0. The lowest BCUT2D eigenvalue weighted by molar-refractivity contribution is 0.0958. The average molecular weight is 312 g/mol. The fourth-order valence-corrected chi connectivity index (χ4v) is 4.34. The highest BCUT2D eigenvalue weighted by Crippen LogP contribution is 2.22. The molecule has 0 aromatic heterocycles. The maximum absolute atomic E-state index is 12.2. The minimum Gasteiger partial charge on any atom is -0.263 e. The van der Waals surface area contributed by atoms with Crippen LogP contribution in [0.5, 0.6) is 0 Å². The molecule has 0 spiro atoms. The molecule has 0 aromatic rings. The molecule has 1 fully saturated rings. The maximum Gasteiger partial charge on any atom is 0.437 e. The van der Waals surface area contributed by atoms with Gasteiger partial charge in [-0.15, -0.1) is 0 Å². The molecule has 8 nitrogen and oxygen atoms in total. The Kier molecular flexibility index (Phi) is 3.84. The van der Waals surface area contributed by atoms with Gasteiger partial charge in [-0.1, -0.05) is 3.89 Å². The van der Waals surface area contributed by atoms with Gasteiger partial charge in [0.15, 0.2) is 9.84 Å². The van der Waals surface area contributed by atoms with Gasteiger partial charge in [0.1, 0.15) is 12.2 Å². The van der Waals surface area contributed by atoms with Crippen LogP contribution in [0.4, 0.5) is 3.89 Å². The summed E-state index contributed by atoms with van der Waals surface area (Å²) in [5.41, 5.74) is 0. The lowest BCUT2D eigenvalue weighted by Crippen LogP contribution is -2.32. The predicted octanol–water partition coefficient (Wildman–Crippen LogP) is -1.64. The van der Waals surface area contributed by atoms with E-state index in [1.807, 2.05) is 0 Å². The molecule has 0 N–H and O–H groups in total. The van der Waals surface area contributed by atoms with Crippen LogP contribution < -0.4 is 0 Å². The van der Waals surface area contributed by atoms with Gasteiger partial charge in [0.2, 0.25) is 0 Å². The van der Waals surface area contributed by atoms with Crippen LogP contribution in [0, 0.1) is 0 Å². The van der Waals surface area contributed by atoms with Crippen LogP contribution in [0.25, 0.3) is 0 Å². The lowest BCUT2D eigenvalue weighted by atomic mass is 10.3. The third-order valence-corrected chi connectivity index (χ3v) is 4.53. The molecule has 1 aliphatic rings. The van der Waals surface area contributed by atoms with Gasteiger partial charge in [0.05, 0.1) is 17.8 Å². The Labute approximate surface area is 98.2 Å². The predicted molar refractivity (Wildman–Crippen MR) is 53.3 cm³/mol. The molecule has 1 saturated heterocycles. The molecule has 2 unspecified atom stereocenters. The fraction of sp³-hybridized carbons (Fsp3) is 1.00. The molecule has 12 heteroatoms. The maximum atomic E-state index is 12.2. The standard InChI is InChI=1S/C5H9FO8S3/c1-15(7,8)13-4-2-16(9,10)3-5(4)14-17(6,11)12/h4-5H,2-3H2,1H3. The summed E-state index contributed by atoms with van der Waals surface area (Å²) < 4.78 is 84.7. The van der Waals surface area contributed by atoms with E-state index in [4.69, 9.17) is 0 Å². The van der Waals surface area contributed by atoms with E-state index < -0.39 is 54.2 Å². The summed E-state index contributed by atoms with van der Waals surface area (Å²) in [5, 5.41) is 0. The quantitative estimate of drug-likeness (QED) is 0.447. The Morgan fingerprint density at radius 2 is 1.47 bits per heavy atom. The third-order valence-electron chi connectivity index (χ3n) is 1.79. The smallest absolute Gasteiger partial charge is 0.263 e. The number of hydrogen-bond acceptors (Lipinski definition) is 8. The Morgan fingerprint density at radius 1 is 1.06 bits per heavy atom. The van der Waals surface area contributed by atoms with Gasteiger partial charge in [-0.05, 0) is 0 Å². The van der Waals surface area contributed by atoms with Crippen molar-refractivity contribution in [2.45, 2.75) is 12.2 Å². The molecule has 0 saturated carbocycles. The summed E-state index contributed by atoms with van der Waals surface area (Å²) in [4.78, 5) is 0. The van der Waals surface area contributed by atoms with Crippen molar-refractivity contribution in [3.05, 3.63) is 0 Å². The SMILES string of the molecule is CS(=O)(=O)OC1CS(=O)(=O)CC1OS(=O)(=O)F. The van der Waals surface area contributed by atoms with E-state index in [1.165, 1.54) is 0 Å². The van der Waals surface area contributed by atoms with Crippen LogP contribution >= 0.6 is 0 Å². The first-order chi connectivity index (χ1) is 7.38. The fourth-order valence-electron chi connectivity index (χ4n) is 1.33. The molecule has 0 radical (unpaired) electrons. The molecule has 1 rings (SSSR count). The van der Waals surface area contributed by atoms with Crippen molar-refractivity contribution in [2.24, 2.45) is 0 Å². The summed E-state index contributed by atoms with van der Waals surface area (Å²) in [5.74, 6) is -1.57. The first-order valence-corrected chi connectivity index (χ1v) is 9.04. The van der Waals surface area contributed by atoms with Gasteiger partial charge < -0.3 is 0 Å². The van der Waals surface area contributed by atoms with Crippen molar-refractivity contribution in [1.29, 1.82) is 0 Å². The Balaban J connectivity index is 2.94. The van der Waals surface area contributed by atoms with Crippen LogP contribution in [0.3, 0.4) is 0 Å². The summed E-state index contributed by atoms with van der Waals surface area (Å²) in [7, 11) is -13.1. The highest BCUT2D eigenvalue weighted by atomic mass is 32.3. The van der Waals surface area contributed by atoms with Gasteiger partial charge in [-0.3, -0.25) is 4.18 Å². The number of sulfone groups is 1. The Bertz CT molecular complexity index is 539. The minimum atomic E-state index is -5.39. The van der Waals surface area contributed by atoms with Crippen LogP contribution in [0.1, 0.15) is 0 Å². The normalized spacial score (nSPS) is 29.3. The topological polar surface area (TPSA) is 121 Å². The zero-order valence-corrected chi connectivity index (χ0v) is 10.9. The molecule has 102 valence electrons. The third kappa shape index (κ3) is 5.25. The largest absolute Gasteiger partial charge is 0.437 e. The first-order valence-electron chi connectivity index (χ1n) is 4.09. The molecular weight excluding hydrogens is 303 g/mol. The van der Waals surface area contributed by atoms with Crippen molar-refractivity contribution >= 4 is 30.5 Å². The molecular formula is C5H9FO8S3. The molecule has 17 heavy (non-hydrogen) atoms. The molecule has 0 aliphatic carbocycles. The van der Waals surface area contributed by atoms with Crippen molar-refractivity contribution in [2.75, 3.05) is 17.8 Å². The summed E-state index contributed by atoms with van der Waals surface area (Å²) in [6.45, 7) is 0. The van der Waals surface area contributed by atoms with E-state index in [0.29, 0.717) is 6.26 Å². The highest BCUT2D eigenvalue weighted by Gasteiger charge is 2.43. The van der Waals surface area contributed by atoms with Crippen LogP contribution in [-0.4, -0.2) is 55.2 Å². The molecule has 1 heterocycles. The van der Waals surface area contributed by atoms with Gasteiger partial charge in [-0.25, -0.2) is 12.6 Å². The van der Waals surface area contributed by atoms with E-state index in [0.717, 1.165) is 0 Å². The molecule has 0 aromatic carbocycles. The van der Waals surface area contributed by atoms with Crippen LogP contribution in [0.15, 0.2) is 0 Å². The summed E-state index contributed by atoms with van der Waals surface area (Å²) in [6.07, 6.45) is -2.62. The van der Waals surface area contributed by atoms with E-state index >= 15 is 0 Å². The van der Waals surface area contributed by atoms with E-state index in [-0.39, 0.29) is 0 Å². The van der Waals surface area contributed by atoms with Crippen molar-refractivity contribution < 1.29 is 37.5 Å². The highest BCUT2D eigenvalue weighted by molar-refractivity contribution is 7.92. The monoisotopic (exact) mass is 312 g/mol. The lowest BCUT2D eigenvalue weighted by Gasteiger charge is -2.14. The van der Waals surface area contributed by atoms with E-state index in [1.54, 1.807) is 0 Å². The Morgan fingerprint density at radius 3 is 1.82 bits per heavy atom. The van der Waals surface area contributed by atoms with Crippen LogP contribution in [-0.2, 0) is 38.8 Å². The molecule has 1 aliphatic heterocycles. The molecule has 2 atom stereocenters. The van der Waals surface area contributed by atoms with Crippen molar-refractivity contribution in [1.82, 2.24) is 0 Å². The van der Waals surface area contributed by atoms with Crippen molar-refractivity contribution in [3.63, 3.8) is 0 Å². The zero-order chi connectivity index (χ0) is 13.5. The van der Waals surface area contributed by atoms with Crippen molar-refractivity contribution in [3.8, 4) is 0 Å². The van der Waals surface area contributed by atoms with Gasteiger partial charge >= 0.3 is 10.5 Å². The van der Waals surface area contributed by atoms with Gasteiger partial charge in [-0.2, -0.15) is 16.8 Å². The second kappa shape index (κ2) is 4.42. The summed E-state index contributed by atoms with van der Waals surface area (Å²) >= 11 is 0. The Hall–Kier alpha value is -0.300. The second-order valence-corrected chi connectivity index (χ2v) is 8.18. The summed E-state index contributed by atoms with van der Waals surface area (Å²) in [6, 6.07) is 0. The molecule has 0 bridgehead atoms. The second-order valence-electron chi connectivity index (χ2n) is 3.44. The first kappa shape index (κ1) is 14.8. The molecule has 0 amide bonds. The number of rotatable bonds is 4. The zero-order valence-electron chi connectivity index (χ0n) is 8.44. The number of halogens is 1. The average Bonchev–Trinajstić information content (AvgIpc) is 2.17. The van der Waals surface area contributed by atoms with Gasteiger partial charge in [0.25, 0.3) is 10.1 Å². The van der Waals surface area contributed by atoms with Gasteiger partial charge in [0, 0.05) is 0 Å².